The fourth-order valence-corrected chi connectivity index (χ4v) is 2.26. The zero-order valence-electron chi connectivity index (χ0n) is 6.93. The molecule has 2 aliphatic rings. The number of rotatable bonds is 0. The summed E-state index contributed by atoms with van der Waals surface area (Å²) in [5, 5.41) is 28.4. The maximum absolute atomic E-state index is 9.57. The number of nitrogens with zero attached hydrogens (tertiary/aromatic N) is 1. The smallest absolute Gasteiger partial charge is 0.0979 e. The van der Waals surface area contributed by atoms with Crippen LogP contribution in [0.25, 0.3) is 0 Å². The van der Waals surface area contributed by atoms with Gasteiger partial charge < -0.3 is 15.3 Å². The Morgan fingerprint density at radius 3 is 2.17 bits per heavy atom. The van der Waals surface area contributed by atoms with Crippen LogP contribution in [-0.2, 0) is 0 Å². The first-order chi connectivity index (χ1) is 5.70. The molecular formula is C8H15NO3. The van der Waals surface area contributed by atoms with E-state index < -0.39 is 18.3 Å². The van der Waals surface area contributed by atoms with Crippen LogP contribution in [0.1, 0.15) is 12.8 Å². The van der Waals surface area contributed by atoms with Gasteiger partial charge in [-0.05, 0) is 12.8 Å². The molecule has 0 aromatic heterocycles. The first-order valence-corrected chi connectivity index (χ1v) is 4.48. The quantitative estimate of drug-likeness (QED) is 0.419. The van der Waals surface area contributed by atoms with E-state index in [0.29, 0.717) is 12.8 Å². The Balaban J connectivity index is 2.11. The number of aliphatic hydroxyl groups excluding tert-OH is 3. The molecule has 4 atom stereocenters. The second-order valence-corrected chi connectivity index (χ2v) is 3.73. The van der Waals surface area contributed by atoms with Gasteiger partial charge in [-0.25, -0.2) is 0 Å². The highest BCUT2D eigenvalue weighted by molar-refractivity contribution is 4.98. The van der Waals surface area contributed by atoms with Crippen molar-refractivity contribution in [3.05, 3.63) is 0 Å². The van der Waals surface area contributed by atoms with Gasteiger partial charge in [0.05, 0.1) is 24.4 Å². The molecule has 0 aliphatic carbocycles. The highest BCUT2D eigenvalue weighted by atomic mass is 16.3. The van der Waals surface area contributed by atoms with Crippen LogP contribution in [0.3, 0.4) is 0 Å². The van der Waals surface area contributed by atoms with Gasteiger partial charge >= 0.3 is 0 Å². The zero-order valence-corrected chi connectivity index (χ0v) is 6.93. The van der Waals surface area contributed by atoms with Gasteiger partial charge in [0, 0.05) is 13.1 Å². The molecule has 0 saturated carbocycles. The average Bonchev–Trinajstić information content (AvgIpc) is 2.41. The normalized spacial score (nSPS) is 49.2. The molecular weight excluding hydrogens is 158 g/mol. The first kappa shape index (κ1) is 8.44. The molecule has 70 valence electrons. The molecule has 0 bridgehead atoms. The van der Waals surface area contributed by atoms with Crippen molar-refractivity contribution in [2.24, 2.45) is 0 Å². The number of fused-ring (bicyclic) bond motifs is 1. The van der Waals surface area contributed by atoms with Crippen molar-refractivity contribution in [1.82, 2.24) is 4.90 Å². The van der Waals surface area contributed by atoms with Gasteiger partial charge in [0.2, 0.25) is 0 Å². The second kappa shape index (κ2) is 2.96. The van der Waals surface area contributed by atoms with Gasteiger partial charge in [-0.3, -0.25) is 4.90 Å². The topological polar surface area (TPSA) is 63.9 Å². The third kappa shape index (κ3) is 1.15. The Kier molecular flexibility index (Phi) is 2.08. The summed E-state index contributed by atoms with van der Waals surface area (Å²) in [4.78, 5) is 2.06. The molecule has 3 N–H and O–H groups in total. The van der Waals surface area contributed by atoms with Crippen LogP contribution in [0, 0.1) is 0 Å². The number of hydrogen-bond acceptors (Lipinski definition) is 4. The lowest BCUT2D eigenvalue weighted by Gasteiger charge is -2.37. The molecule has 4 heteroatoms. The number of hydrogen-bond donors (Lipinski definition) is 3. The lowest BCUT2D eigenvalue weighted by Crippen LogP contribution is -2.55. The molecule has 2 fully saturated rings. The SMILES string of the molecule is O[C@H]1[C@@H]2[C@H](O)CCN2CC[C@H]1O. The maximum Gasteiger partial charge on any atom is 0.0979 e. The van der Waals surface area contributed by atoms with Gasteiger partial charge in [0.15, 0.2) is 0 Å². The van der Waals surface area contributed by atoms with Gasteiger partial charge in [-0.2, -0.15) is 0 Å². The maximum atomic E-state index is 9.57. The van der Waals surface area contributed by atoms with E-state index in [9.17, 15) is 15.3 Å². The van der Waals surface area contributed by atoms with Gasteiger partial charge in [-0.15, -0.1) is 0 Å². The Morgan fingerprint density at radius 2 is 1.50 bits per heavy atom. The van der Waals surface area contributed by atoms with E-state index >= 15 is 0 Å². The molecule has 2 rings (SSSR count). The summed E-state index contributed by atoms with van der Waals surface area (Å²) in [6, 6.07) is -0.228. The van der Waals surface area contributed by atoms with Crippen molar-refractivity contribution >= 4 is 0 Å². The van der Waals surface area contributed by atoms with E-state index in [-0.39, 0.29) is 6.04 Å². The largest absolute Gasteiger partial charge is 0.391 e. The third-order valence-electron chi connectivity index (χ3n) is 2.98. The van der Waals surface area contributed by atoms with Crippen LogP contribution >= 0.6 is 0 Å². The monoisotopic (exact) mass is 173 g/mol. The van der Waals surface area contributed by atoms with E-state index in [1.807, 2.05) is 0 Å². The van der Waals surface area contributed by atoms with Crippen LogP contribution < -0.4 is 0 Å². The fourth-order valence-electron chi connectivity index (χ4n) is 2.26. The van der Waals surface area contributed by atoms with Gasteiger partial charge in [-0.1, -0.05) is 0 Å². The Bertz CT molecular complexity index is 176. The molecule has 12 heavy (non-hydrogen) atoms. The zero-order chi connectivity index (χ0) is 8.72. The summed E-state index contributed by atoms with van der Waals surface area (Å²) in [6.45, 7) is 1.63. The molecule has 2 aliphatic heterocycles. The molecule has 0 aromatic rings. The summed E-state index contributed by atoms with van der Waals surface area (Å²) in [6.07, 6.45) is -0.552. The number of aliphatic hydroxyl groups is 3. The fraction of sp³-hybridized carbons (Fsp3) is 1.00. The lowest BCUT2D eigenvalue weighted by atomic mass is 9.95. The molecule has 0 amide bonds. The van der Waals surface area contributed by atoms with Crippen LogP contribution in [0.2, 0.25) is 0 Å². The molecule has 0 radical (unpaired) electrons. The Morgan fingerprint density at radius 1 is 0.917 bits per heavy atom. The van der Waals surface area contributed by atoms with Crippen LogP contribution in [-0.4, -0.2) is 57.7 Å². The van der Waals surface area contributed by atoms with Crippen LogP contribution in [0.15, 0.2) is 0 Å². The van der Waals surface area contributed by atoms with Crippen molar-refractivity contribution in [2.45, 2.75) is 37.2 Å². The minimum atomic E-state index is -0.767. The predicted octanol–water partition coefficient (Wildman–Crippen LogP) is -1.45. The summed E-state index contributed by atoms with van der Waals surface area (Å²) in [5.74, 6) is 0. The molecule has 0 aromatic carbocycles. The van der Waals surface area contributed by atoms with Gasteiger partial charge in [0.25, 0.3) is 0 Å². The van der Waals surface area contributed by atoms with Crippen molar-refractivity contribution in [2.75, 3.05) is 13.1 Å². The predicted molar refractivity (Wildman–Crippen MR) is 42.6 cm³/mol. The minimum Gasteiger partial charge on any atom is -0.391 e. The van der Waals surface area contributed by atoms with Crippen molar-refractivity contribution in [3.8, 4) is 0 Å². The average molecular weight is 173 g/mol. The summed E-state index contributed by atoms with van der Waals surface area (Å²) >= 11 is 0. The van der Waals surface area contributed by atoms with E-state index in [2.05, 4.69) is 4.90 Å². The summed E-state index contributed by atoms with van der Waals surface area (Å²) in [7, 11) is 0. The molecule has 0 spiro atoms. The van der Waals surface area contributed by atoms with E-state index in [1.54, 1.807) is 0 Å². The van der Waals surface area contributed by atoms with Crippen LogP contribution in [0.4, 0.5) is 0 Å². The molecule has 4 nitrogen and oxygen atoms in total. The van der Waals surface area contributed by atoms with E-state index in [1.165, 1.54) is 0 Å². The minimum absolute atomic E-state index is 0.228. The second-order valence-electron chi connectivity index (χ2n) is 3.73. The Hall–Kier alpha value is -0.160. The lowest BCUT2D eigenvalue weighted by molar-refractivity contribution is -0.0861. The van der Waals surface area contributed by atoms with Crippen molar-refractivity contribution in [1.29, 1.82) is 0 Å². The molecule has 2 heterocycles. The summed E-state index contributed by atoms with van der Waals surface area (Å²) in [5.41, 5.74) is 0. The third-order valence-corrected chi connectivity index (χ3v) is 2.98. The van der Waals surface area contributed by atoms with Gasteiger partial charge in [0.1, 0.15) is 0 Å². The standard InChI is InChI=1S/C8H15NO3/c10-5-1-3-9-4-2-6(11)8(12)7(5)9/h5-8,10-12H,1-4H2/t5-,6-,7+,8-/m1/s1. The first-order valence-electron chi connectivity index (χ1n) is 4.48. The highest BCUT2D eigenvalue weighted by Gasteiger charge is 2.43. The summed E-state index contributed by atoms with van der Waals surface area (Å²) < 4.78 is 0. The van der Waals surface area contributed by atoms with E-state index in [4.69, 9.17) is 0 Å². The molecule has 2 saturated heterocycles. The molecule has 0 unspecified atom stereocenters. The van der Waals surface area contributed by atoms with E-state index in [0.717, 1.165) is 13.1 Å². The van der Waals surface area contributed by atoms with Crippen molar-refractivity contribution in [3.63, 3.8) is 0 Å². The number of piperidine rings is 1. The van der Waals surface area contributed by atoms with Crippen molar-refractivity contribution < 1.29 is 15.3 Å². The van der Waals surface area contributed by atoms with Crippen LogP contribution in [0.5, 0.6) is 0 Å². The highest BCUT2D eigenvalue weighted by Crippen LogP contribution is 2.27. The Labute approximate surface area is 71.4 Å².